The van der Waals surface area contributed by atoms with Gasteiger partial charge in [-0.25, -0.2) is 14.4 Å². The first kappa shape index (κ1) is 14.2. The van der Waals surface area contributed by atoms with Crippen molar-refractivity contribution in [1.29, 1.82) is 0 Å². The largest absolute Gasteiger partial charge is 0.496 e. The summed E-state index contributed by atoms with van der Waals surface area (Å²) in [6, 6.07) is 4.41. The fraction of sp³-hybridized carbons (Fsp3) is 0.333. The van der Waals surface area contributed by atoms with Crippen molar-refractivity contribution in [2.24, 2.45) is 0 Å². The molecule has 106 valence electrons. The van der Waals surface area contributed by atoms with Gasteiger partial charge in [-0.2, -0.15) is 0 Å². The third-order valence-electron chi connectivity index (χ3n) is 3.02. The Kier molecular flexibility index (Phi) is 4.17. The molecule has 0 spiro atoms. The molecule has 0 radical (unpaired) electrons. The van der Waals surface area contributed by atoms with Crippen molar-refractivity contribution in [3.05, 3.63) is 35.4 Å². The van der Waals surface area contributed by atoms with Gasteiger partial charge in [0.1, 0.15) is 23.2 Å². The molecule has 0 aliphatic heterocycles. The summed E-state index contributed by atoms with van der Waals surface area (Å²) in [6.45, 7) is 6.49. The second-order valence-corrected chi connectivity index (χ2v) is 4.47. The van der Waals surface area contributed by atoms with Crippen LogP contribution in [-0.4, -0.2) is 23.6 Å². The summed E-state index contributed by atoms with van der Waals surface area (Å²) in [7, 11) is 1.56. The number of nitrogens with one attached hydrogen (secondary N) is 1. The molecule has 0 atom stereocenters. The van der Waals surface area contributed by atoms with Crippen LogP contribution in [0.1, 0.15) is 18.3 Å². The quantitative estimate of drug-likeness (QED) is 0.929. The SMILES string of the molecule is CCNc1nc(C)nc(-c2cc(F)ccc2OC)c1C. The van der Waals surface area contributed by atoms with E-state index in [1.807, 2.05) is 20.8 Å². The Morgan fingerprint density at radius 3 is 2.65 bits per heavy atom. The van der Waals surface area contributed by atoms with Crippen LogP contribution >= 0.6 is 0 Å². The molecule has 0 aliphatic rings. The predicted molar refractivity (Wildman–Crippen MR) is 77.6 cm³/mol. The standard InChI is InChI=1S/C15H18FN3O/c1-5-17-15-9(2)14(18-10(3)19-15)12-8-11(16)6-7-13(12)20-4/h6-8H,5H2,1-4H3,(H,17,18,19). The number of nitrogens with zero attached hydrogens (tertiary/aromatic N) is 2. The highest BCUT2D eigenvalue weighted by atomic mass is 19.1. The van der Waals surface area contributed by atoms with Crippen molar-refractivity contribution in [2.75, 3.05) is 19.0 Å². The molecule has 0 aliphatic carbocycles. The van der Waals surface area contributed by atoms with Crippen LogP contribution in [0, 0.1) is 19.7 Å². The Morgan fingerprint density at radius 2 is 2.00 bits per heavy atom. The molecule has 1 heterocycles. The maximum Gasteiger partial charge on any atom is 0.133 e. The molecule has 1 aromatic carbocycles. The van der Waals surface area contributed by atoms with Gasteiger partial charge in [-0.1, -0.05) is 0 Å². The molecule has 0 fully saturated rings. The highest BCUT2D eigenvalue weighted by Crippen LogP contribution is 2.33. The molecule has 2 aromatic rings. The number of rotatable bonds is 4. The predicted octanol–water partition coefficient (Wildman–Crippen LogP) is 3.34. The van der Waals surface area contributed by atoms with Gasteiger partial charge >= 0.3 is 0 Å². The number of methoxy groups -OCH3 is 1. The van der Waals surface area contributed by atoms with Crippen LogP contribution in [0.4, 0.5) is 10.2 Å². The van der Waals surface area contributed by atoms with Gasteiger partial charge in [-0.05, 0) is 39.0 Å². The van der Waals surface area contributed by atoms with Gasteiger partial charge in [0.2, 0.25) is 0 Å². The lowest BCUT2D eigenvalue weighted by atomic mass is 10.1. The summed E-state index contributed by atoms with van der Waals surface area (Å²) in [4.78, 5) is 8.81. The van der Waals surface area contributed by atoms with E-state index < -0.39 is 0 Å². The van der Waals surface area contributed by atoms with Crippen molar-refractivity contribution < 1.29 is 9.13 Å². The second-order valence-electron chi connectivity index (χ2n) is 4.47. The van der Waals surface area contributed by atoms with E-state index in [0.29, 0.717) is 22.8 Å². The van der Waals surface area contributed by atoms with Crippen LogP contribution in [0.25, 0.3) is 11.3 Å². The average molecular weight is 275 g/mol. The zero-order chi connectivity index (χ0) is 14.7. The zero-order valence-electron chi connectivity index (χ0n) is 12.1. The minimum absolute atomic E-state index is 0.318. The molecular formula is C15H18FN3O. The smallest absolute Gasteiger partial charge is 0.133 e. The van der Waals surface area contributed by atoms with Crippen LogP contribution in [-0.2, 0) is 0 Å². The highest BCUT2D eigenvalue weighted by molar-refractivity contribution is 5.73. The van der Waals surface area contributed by atoms with Gasteiger partial charge in [0.25, 0.3) is 0 Å². The fourth-order valence-electron chi connectivity index (χ4n) is 2.10. The highest BCUT2D eigenvalue weighted by Gasteiger charge is 2.15. The summed E-state index contributed by atoms with van der Waals surface area (Å²) >= 11 is 0. The van der Waals surface area contributed by atoms with E-state index in [0.717, 1.165) is 17.9 Å². The molecule has 0 bridgehead atoms. The van der Waals surface area contributed by atoms with E-state index in [-0.39, 0.29) is 5.82 Å². The molecule has 2 rings (SSSR count). The fourth-order valence-corrected chi connectivity index (χ4v) is 2.10. The maximum absolute atomic E-state index is 13.5. The zero-order valence-corrected chi connectivity index (χ0v) is 12.1. The van der Waals surface area contributed by atoms with E-state index in [1.165, 1.54) is 12.1 Å². The summed E-state index contributed by atoms with van der Waals surface area (Å²) < 4.78 is 18.8. The van der Waals surface area contributed by atoms with Gasteiger partial charge in [-0.3, -0.25) is 0 Å². The summed E-state index contributed by atoms with van der Waals surface area (Å²) in [6.07, 6.45) is 0. The lowest BCUT2D eigenvalue weighted by Crippen LogP contribution is -2.06. The molecular weight excluding hydrogens is 257 g/mol. The summed E-state index contributed by atoms with van der Waals surface area (Å²) in [5, 5.41) is 3.19. The Labute approximate surface area is 118 Å². The number of benzene rings is 1. The molecule has 0 unspecified atom stereocenters. The normalized spacial score (nSPS) is 10.4. The first-order valence-corrected chi connectivity index (χ1v) is 6.49. The summed E-state index contributed by atoms with van der Waals surface area (Å²) in [5.74, 6) is 1.67. The Morgan fingerprint density at radius 1 is 1.25 bits per heavy atom. The van der Waals surface area contributed by atoms with Crippen molar-refractivity contribution in [1.82, 2.24) is 9.97 Å². The van der Waals surface area contributed by atoms with Crippen molar-refractivity contribution in [3.63, 3.8) is 0 Å². The first-order chi connectivity index (χ1) is 9.56. The summed E-state index contributed by atoms with van der Waals surface area (Å²) in [5.41, 5.74) is 2.20. The van der Waals surface area contributed by atoms with E-state index in [9.17, 15) is 4.39 Å². The number of aromatic nitrogens is 2. The number of anilines is 1. The van der Waals surface area contributed by atoms with Crippen LogP contribution < -0.4 is 10.1 Å². The number of ether oxygens (including phenoxy) is 1. The third-order valence-corrected chi connectivity index (χ3v) is 3.02. The van der Waals surface area contributed by atoms with E-state index in [2.05, 4.69) is 15.3 Å². The first-order valence-electron chi connectivity index (χ1n) is 6.49. The van der Waals surface area contributed by atoms with Crippen molar-refractivity contribution in [3.8, 4) is 17.0 Å². The van der Waals surface area contributed by atoms with Crippen LogP contribution in [0.15, 0.2) is 18.2 Å². The molecule has 0 amide bonds. The molecule has 1 N–H and O–H groups in total. The molecule has 4 nitrogen and oxygen atoms in total. The van der Waals surface area contributed by atoms with Gasteiger partial charge in [0.15, 0.2) is 0 Å². The molecule has 0 saturated heterocycles. The van der Waals surface area contributed by atoms with E-state index in [4.69, 9.17) is 4.74 Å². The third kappa shape index (κ3) is 2.71. The topological polar surface area (TPSA) is 47.0 Å². The number of halogens is 1. The van der Waals surface area contributed by atoms with Crippen LogP contribution in [0.2, 0.25) is 0 Å². The lowest BCUT2D eigenvalue weighted by Gasteiger charge is -2.14. The Hall–Kier alpha value is -2.17. The monoisotopic (exact) mass is 275 g/mol. The van der Waals surface area contributed by atoms with E-state index >= 15 is 0 Å². The minimum Gasteiger partial charge on any atom is -0.496 e. The van der Waals surface area contributed by atoms with E-state index in [1.54, 1.807) is 13.2 Å². The molecule has 20 heavy (non-hydrogen) atoms. The lowest BCUT2D eigenvalue weighted by molar-refractivity contribution is 0.415. The minimum atomic E-state index is -0.318. The second kappa shape index (κ2) is 5.86. The Balaban J connectivity index is 2.66. The van der Waals surface area contributed by atoms with Gasteiger partial charge < -0.3 is 10.1 Å². The number of hydrogen-bond donors (Lipinski definition) is 1. The van der Waals surface area contributed by atoms with Crippen molar-refractivity contribution >= 4 is 5.82 Å². The van der Waals surface area contributed by atoms with Gasteiger partial charge in [0, 0.05) is 17.7 Å². The molecule has 0 saturated carbocycles. The van der Waals surface area contributed by atoms with Gasteiger partial charge in [-0.15, -0.1) is 0 Å². The van der Waals surface area contributed by atoms with Crippen molar-refractivity contribution in [2.45, 2.75) is 20.8 Å². The molecule has 5 heteroatoms. The van der Waals surface area contributed by atoms with Crippen LogP contribution in [0.3, 0.4) is 0 Å². The maximum atomic E-state index is 13.5. The van der Waals surface area contributed by atoms with Crippen LogP contribution in [0.5, 0.6) is 5.75 Å². The average Bonchev–Trinajstić information content (AvgIpc) is 2.42. The number of aryl methyl sites for hydroxylation is 1. The molecule has 1 aromatic heterocycles. The van der Waals surface area contributed by atoms with Gasteiger partial charge in [0.05, 0.1) is 12.8 Å². The Bertz CT molecular complexity index is 629. The number of hydrogen-bond acceptors (Lipinski definition) is 4.